The molecule has 0 spiro atoms. The number of aromatic nitrogens is 1. The van der Waals surface area contributed by atoms with Crippen LogP contribution in [0.5, 0.6) is 0 Å². The van der Waals surface area contributed by atoms with Crippen LogP contribution in [0.4, 0.5) is 0 Å². The highest BCUT2D eigenvalue weighted by Crippen LogP contribution is 2.29. The number of rotatable bonds is 16. The van der Waals surface area contributed by atoms with Gasteiger partial charge in [-0.25, -0.2) is 9.78 Å². The Morgan fingerprint density at radius 3 is 2.29 bits per heavy atom. The zero-order valence-corrected chi connectivity index (χ0v) is 31.4. The molecule has 3 amide bonds. The Hall–Kier alpha value is -4.13. The second kappa shape index (κ2) is 19.6. The molecule has 52 heavy (non-hydrogen) atoms. The van der Waals surface area contributed by atoms with E-state index in [1.165, 1.54) is 12.0 Å². The summed E-state index contributed by atoms with van der Waals surface area (Å²) in [7, 11) is 1.37. The number of thiazole rings is 1. The Labute approximate surface area is 312 Å². The van der Waals surface area contributed by atoms with Gasteiger partial charge < -0.3 is 30.1 Å². The number of nitrogens with one attached hydrogen (secondary N) is 2. The van der Waals surface area contributed by atoms with Crippen molar-refractivity contribution in [1.82, 2.24) is 20.5 Å². The summed E-state index contributed by atoms with van der Waals surface area (Å²) >= 11 is 1.58. The molecule has 0 unspecified atom stereocenters. The highest BCUT2D eigenvalue weighted by atomic mass is 32.1. The Kier molecular flexibility index (Phi) is 16.0. The first-order chi connectivity index (χ1) is 24.3. The minimum absolute atomic E-state index is 0. The molecule has 1 aliphatic heterocycles. The van der Waals surface area contributed by atoms with E-state index in [-0.39, 0.29) is 44.9 Å². The molecule has 1 saturated heterocycles. The maximum Gasteiger partial charge on any atom is 0.337 e. The maximum atomic E-state index is 13.9. The predicted molar refractivity (Wildman–Crippen MR) is 204 cm³/mol. The minimum Gasteiger partial charge on any atom is -0.465 e. The van der Waals surface area contributed by atoms with Gasteiger partial charge in [-0.3, -0.25) is 14.4 Å². The number of aliphatic hydroxyl groups excluding tert-OH is 1. The van der Waals surface area contributed by atoms with Crippen LogP contribution in [-0.4, -0.2) is 83.7 Å². The molecule has 2 heterocycles. The SMILES string of the molecule is C.COC(=O)c1ccc(CCCCCCOCC(=O)N[C@H](C(=O)N2C[C@H](O)C[C@H]2C(=O)N[C@@H](C)c2ccc(-c3scnc3C)cc2)C(C)(C)C)cc1. The largest absolute Gasteiger partial charge is 0.465 e. The van der Waals surface area contributed by atoms with Crippen molar-refractivity contribution >= 4 is 35.0 Å². The van der Waals surface area contributed by atoms with Crippen LogP contribution in [0, 0.1) is 12.3 Å². The van der Waals surface area contributed by atoms with Gasteiger partial charge in [-0.05, 0) is 67.3 Å². The number of aliphatic hydroxyl groups is 1. The number of methoxy groups -OCH3 is 1. The van der Waals surface area contributed by atoms with Crippen molar-refractivity contribution < 1.29 is 33.8 Å². The number of nitrogens with zero attached hydrogens (tertiary/aromatic N) is 2. The van der Waals surface area contributed by atoms with Crippen molar-refractivity contribution in [3.05, 3.63) is 76.4 Å². The van der Waals surface area contributed by atoms with Gasteiger partial charge in [-0.15, -0.1) is 11.3 Å². The number of benzene rings is 2. The summed E-state index contributed by atoms with van der Waals surface area (Å²) in [6.45, 7) is 9.65. The molecule has 3 N–H and O–H groups in total. The average Bonchev–Trinajstić information content (AvgIpc) is 3.72. The topological polar surface area (TPSA) is 147 Å². The highest BCUT2D eigenvalue weighted by molar-refractivity contribution is 7.13. The molecule has 4 rings (SSSR count). The Morgan fingerprint density at radius 2 is 1.67 bits per heavy atom. The molecule has 0 radical (unpaired) electrons. The van der Waals surface area contributed by atoms with Crippen LogP contribution in [-0.2, 0) is 30.3 Å². The fourth-order valence-corrected chi connectivity index (χ4v) is 7.01. The van der Waals surface area contributed by atoms with E-state index in [4.69, 9.17) is 9.47 Å². The fourth-order valence-electron chi connectivity index (χ4n) is 6.20. The number of hydrogen-bond donors (Lipinski definition) is 3. The highest BCUT2D eigenvalue weighted by Gasteiger charge is 2.44. The third-order valence-corrected chi connectivity index (χ3v) is 10.2. The summed E-state index contributed by atoms with van der Waals surface area (Å²) in [5.41, 5.74) is 5.79. The first kappa shape index (κ1) is 42.3. The normalized spacial score (nSPS) is 16.8. The molecule has 12 heteroatoms. The summed E-state index contributed by atoms with van der Waals surface area (Å²) < 4.78 is 10.4. The summed E-state index contributed by atoms with van der Waals surface area (Å²) in [5.74, 6) is -1.52. The number of carbonyl (C=O) groups excluding carboxylic acids is 4. The fraction of sp³-hybridized carbons (Fsp3) is 0.525. The van der Waals surface area contributed by atoms with Gasteiger partial charge in [0.15, 0.2) is 0 Å². The second-order valence-corrected chi connectivity index (χ2v) is 15.1. The van der Waals surface area contributed by atoms with Gasteiger partial charge in [0, 0.05) is 19.6 Å². The molecule has 2 aromatic carbocycles. The second-order valence-electron chi connectivity index (χ2n) is 14.3. The van der Waals surface area contributed by atoms with Crippen molar-refractivity contribution in [2.75, 3.05) is 26.9 Å². The van der Waals surface area contributed by atoms with Crippen molar-refractivity contribution in [2.24, 2.45) is 5.41 Å². The lowest BCUT2D eigenvalue weighted by Gasteiger charge is -2.35. The third-order valence-electron chi connectivity index (χ3n) is 9.17. The first-order valence-corrected chi connectivity index (χ1v) is 18.5. The van der Waals surface area contributed by atoms with Gasteiger partial charge in [-0.1, -0.05) is 77.4 Å². The summed E-state index contributed by atoms with van der Waals surface area (Å²) in [4.78, 5) is 58.8. The monoisotopic (exact) mass is 736 g/mol. The van der Waals surface area contributed by atoms with Crippen LogP contribution < -0.4 is 10.6 Å². The summed E-state index contributed by atoms with van der Waals surface area (Å²) in [5, 5.41) is 16.4. The summed E-state index contributed by atoms with van der Waals surface area (Å²) in [6, 6.07) is 13.3. The molecule has 284 valence electrons. The van der Waals surface area contributed by atoms with Gasteiger partial charge in [0.2, 0.25) is 17.7 Å². The standard InChI is InChI=1S/C39H52N4O7S.CH4/c1-25(28-16-18-29(19-17-28)34-26(2)40-24-51-34)41-36(46)32-21-31(44)22-43(32)37(47)35(39(3,4)5)42-33(45)23-50-20-10-8-7-9-11-27-12-14-30(15-13-27)38(48)49-6;/h12-19,24-25,31-32,35,44H,7-11,20-23H2,1-6H3,(H,41,46)(H,42,45);1H4/t25-,31+,32-,35+;/m0./s1. The Bertz CT molecular complexity index is 1620. The molecule has 4 atom stereocenters. The molecule has 11 nitrogen and oxygen atoms in total. The molecule has 1 fully saturated rings. The van der Waals surface area contributed by atoms with Gasteiger partial charge in [0.05, 0.1) is 40.9 Å². The lowest BCUT2D eigenvalue weighted by Crippen LogP contribution is -2.58. The lowest BCUT2D eigenvalue weighted by atomic mass is 9.85. The number of unbranched alkanes of at least 4 members (excludes halogenated alkanes) is 3. The summed E-state index contributed by atoms with van der Waals surface area (Å²) in [6.07, 6.45) is 3.92. The number of esters is 1. The number of carbonyl (C=O) groups is 4. The quantitative estimate of drug-likeness (QED) is 0.119. The van der Waals surface area contributed by atoms with E-state index in [0.29, 0.717) is 12.2 Å². The van der Waals surface area contributed by atoms with E-state index in [0.717, 1.165) is 59.4 Å². The first-order valence-electron chi connectivity index (χ1n) is 17.6. The van der Waals surface area contributed by atoms with Gasteiger partial charge in [0.25, 0.3) is 0 Å². The van der Waals surface area contributed by atoms with Crippen molar-refractivity contribution in [3.8, 4) is 10.4 Å². The number of ether oxygens (including phenoxy) is 2. The third kappa shape index (κ3) is 11.7. The molecule has 0 saturated carbocycles. The smallest absolute Gasteiger partial charge is 0.337 e. The molecule has 0 bridgehead atoms. The molecular formula is C40H56N4O7S. The van der Waals surface area contributed by atoms with Crippen LogP contribution in [0.15, 0.2) is 54.0 Å². The Morgan fingerprint density at radius 1 is 1.00 bits per heavy atom. The zero-order valence-electron chi connectivity index (χ0n) is 30.6. The van der Waals surface area contributed by atoms with E-state index in [1.807, 2.05) is 76.5 Å². The number of hydrogen-bond acceptors (Lipinski definition) is 9. The van der Waals surface area contributed by atoms with E-state index in [1.54, 1.807) is 23.5 Å². The zero-order chi connectivity index (χ0) is 37.1. The molecule has 1 aromatic heterocycles. The predicted octanol–water partition coefficient (Wildman–Crippen LogP) is 6.03. The van der Waals surface area contributed by atoms with Crippen LogP contribution in [0.25, 0.3) is 10.4 Å². The Balaban J connectivity index is 0.00000729. The molecule has 1 aliphatic rings. The lowest BCUT2D eigenvalue weighted by molar-refractivity contribution is -0.144. The van der Waals surface area contributed by atoms with Crippen molar-refractivity contribution in [1.29, 1.82) is 0 Å². The van der Waals surface area contributed by atoms with E-state index in [9.17, 15) is 24.3 Å². The van der Waals surface area contributed by atoms with Gasteiger partial charge in [0.1, 0.15) is 18.7 Å². The van der Waals surface area contributed by atoms with Crippen LogP contribution in [0.1, 0.15) is 100 Å². The van der Waals surface area contributed by atoms with E-state index in [2.05, 4.69) is 15.6 Å². The molecular weight excluding hydrogens is 681 g/mol. The van der Waals surface area contributed by atoms with E-state index >= 15 is 0 Å². The molecule has 3 aromatic rings. The number of likely N-dealkylation sites (tertiary alicyclic amines) is 1. The minimum atomic E-state index is -0.920. The van der Waals surface area contributed by atoms with E-state index < -0.39 is 35.4 Å². The van der Waals surface area contributed by atoms with Crippen LogP contribution >= 0.6 is 11.3 Å². The number of β-amino-alcohol motifs (C(OH)–C–C–N with tert-alkyl or cyclic N) is 1. The number of aryl methyl sites for hydroxylation is 2. The number of amides is 3. The van der Waals surface area contributed by atoms with Gasteiger partial charge >= 0.3 is 5.97 Å². The maximum absolute atomic E-state index is 13.9. The van der Waals surface area contributed by atoms with Crippen molar-refractivity contribution in [3.63, 3.8) is 0 Å². The average molecular weight is 737 g/mol. The van der Waals surface area contributed by atoms with Crippen LogP contribution in [0.3, 0.4) is 0 Å². The molecule has 0 aliphatic carbocycles. The van der Waals surface area contributed by atoms with Gasteiger partial charge in [-0.2, -0.15) is 0 Å². The van der Waals surface area contributed by atoms with Crippen LogP contribution in [0.2, 0.25) is 0 Å². The van der Waals surface area contributed by atoms with Crippen molar-refractivity contribution in [2.45, 2.75) is 105 Å².